The Labute approximate surface area is 116 Å². The van der Waals surface area contributed by atoms with Gasteiger partial charge in [0.15, 0.2) is 0 Å². The average molecular weight is 284 g/mol. The van der Waals surface area contributed by atoms with Crippen LogP contribution in [0.5, 0.6) is 0 Å². The number of aliphatic carboxylic acids is 2. The summed E-state index contributed by atoms with van der Waals surface area (Å²) < 4.78 is 0. The molecule has 2 atom stereocenters. The molecule has 20 heavy (non-hydrogen) atoms. The highest BCUT2D eigenvalue weighted by atomic mass is 16.4. The first kappa shape index (κ1) is 14.8. The molecule has 1 amide bonds. The summed E-state index contributed by atoms with van der Waals surface area (Å²) in [7, 11) is 0. The molecule has 2 aliphatic rings. The Hall–Kier alpha value is -1.63. The number of carbonyl (C=O) groups is 3. The van der Waals surface area contributed by atoms with Gasteiger partial charge in [0.05, 0.1) is 6.54 Å². The van der Waals surface area contributed by atoms with Crippen LogP contribution in [0.4, 0.5) is 0 Å². The lowest BCUT2D eigenvalue weighted by atomic mass is 9.88. The lowest BCUT2D eigenvalue weighted by Gasteiger charge is -2.29. The first-order chi connectivity index (χ1) is 9.35. The van der Waals surface area contributed by atoms with Crippen LogP contribution in [0, 0.1) is 5.92 Å². The zero-order chi connectivity index (χ0) is 14.9. The van der Waals surface area contributed by atoms with Crippen molar-refractivity contribution in [2.75, 3.05) is 6.54 Å². The highest BCUT2D eigenvalue weighted by Gasteiger charge is 2.52. The van der Waals surface area contributed by atoms with Crippen molar-refractivity contribution in [2.24, 2.45) is 11.7 Å². The molecule has 7 nitrogen and oxygen atoms in total. The third-order valence-electron chi connectivity index (χ3n) is 4.33. The molecule has 0 unspecified atom stereocenters. The summed E-state index contributed by atoms with van der Waals surface area (Å²) in [5.41, 5.74) is 4.07. The molecule has 1 aliphatic carbocycles. The van der Waals surface area contributed by atoms with Gasteiger partial charge in [0.25, 0.3) is 0 Å². The molecule has 1 saturated carbocycles. The van der Waals surface area contributed by atoms with E-state index >= 15 is 0 Å². The van der Waals surface area contributed by atoms with Gasteiger partial charge in [-0.25, -0.2) is 4.79 Å². The fourth-order valence-electron chi connectivity index (χ4n) is 3.13. The summed E-state index contributed by atoms with van der Waals surface area (Å²) in [5, 5.41) is 18.3. The van der Waals surface area contributed by atoms with E-state index in [1.165, 1.54) is 0 Å². The second-order valence-electron chi connectivity index (χ2n) is 5.82. The van der Waals surface area contributed by atoms with E-state index in [9.17, 15) is 19.5 Å². The third kappa shape index (κ3) is 2.63. The first-order valence-corrected chi connectivity index (χ1v) is 6.91. The quantitative estimate of drug-likeness (QED) is 0.672. The van der Waals surface area contributed by atoms with Crippen LogP contribution in [0.15, 0.2) is 0 Å². The van der Waals surface area contributed by atoms with Gasteiger partial charge in [-0.1, -0.05) is 19.3 Å². The highest BCUT2D eigenvalue weighted by Crippen LogP contribution is 2.31. The molecule has 0 aromatic carbocycles. The predicted molar refractivity (Wildman–Crippen MR) is 68.9 cm³/mol. The zero-order valence-corrected chi connectivity index (χ0v) is 11.2. The molecular formula is C13H20N2O5. The van der Waals surface area contributed by atoms with Crippen LogP contribution in [0.25, 0.3) is 0 Å². The van der Waals surface area contributed by atoms with Crippen LogP contribution in [-0.2, 0) is 14.4 Å². The van der Waals surface area contributed by atoms with Gasteiger partial charge in [-0.2, -0.15) is 0 Å². The number of rotatable bonds is 3. The molecule has 7 heteroatoms. The van der Waals surface area contributed by atoms with Crippen molar-refractivity contribution in [3.8, 4) is 0 Å². The number of hydrogen-bond donors (Lipinski definition) is 3. The predicted octanol–water partition coefficient (Wildman–Crippen LogP) is 0.0343. The molecule has 1 saturated heterocycles. The normalized spacial score (nSPS) is 31.2. The lowest BCUT2D eigenvalue weighted by molar-refractivity contribution is -0.150. The Bertz CT molecular complexity index is 432. The minimum absolute atomic E-state index is 0.193. The summed E-state index contributed by atoms with van der Waals surface area (Å²) in [6.45, 7) is -0.228. The minimum atomic E-state index is -1.66. The van der Waals surface area contributed by atoms with E-state index in [2.05, 4.69) is 0 Å². The first-order valence-electron chi connectivity index (χ1n) is 6.91. The number of nitrogens with two attached hydrogens (primary N) is 1. The summed E-state index contributed by atoms with van der Waals surface area (Å²) in [5.74, 6) is -2.90. The van der Waals surface area contributed by atoms with E-state index in [-0.39, 0.29) is 24.8 Å². The minimum Gasteiger partial charge on any atom is -0.480 e. The SMILES string of the molecule is N[C@]1(C(=O)O)C[C@H](C(=O)O)N(C(=O)C2CCCCC2)C1. The number of likely N-dealkylation sites (tertiary alicyclic amines) is 1. The maximum Gasteiger partial charge on any atom is 0.326 e. The van der Waals surface area contributed by atoms with Crippen molar-refractivity contribution in [2.45, 2.75) is 50.1 Å². The smallest absolute Gasteiger partial charge is 0.326 e. The van der Waals surface area contributed by atoms with Gasteiger partial charge in [-0.05, 0) is 12.8 Å². The number of carbonyl (C=O) groups excluding carboxylic acids is 1. The third-order valence-corrected chi connectivity index (χ3v) is 4.33. The average Bonchev–Trinajstić information content (AvgIpc) is 2.79. The maximum absolute atomic E-state index is 12.4. The largest absolute Gasteiger partial charge is 0.480 e. The zero-order valence-electron chi connectivity index (χ0n) is 11.2. The molecule has 0 radical (unpaired) electrons. The molecular weight excluding hydrogens is 264 g/mol. The van der Waals surface area contributed by atoms with Crippen molar-refractivity contribution in [3.63, 3.8) is 0 Å². The van der Waals surface area contributed by atoms with Gasteiger partial charge in [0.1, 0.15) is 11.6 Å². The van der Waals surface area contributed by atoms with Crippen LogP contribution in [0.3, 0.4) is 0 Å². The van der Waals surface area contributed by atoms with Crippen molar-refractivity contribution in [1.82, 2.24) is 4.90 Å². The Morgan fingerprint density at radius 1 is 1.10 bits per heavy atom. The van der Waals surface area contributed by atoms with Crippen LogP contribution in [0.2, 0.25) is 0 Å². The van der Waals surface area contributed by atoms with E-state index in [4.69, 9.17) is 10.8 Å². The fourth-order valence-corrected chi connectivity index (χ4v) is 3.13. The summed E-state index contributed by atoms with van der Waals surface area (Å²) in [6.07, 6.45) is 4.24. The molecule has 1 aliphatic heterocycles. The van der Waals surface area contributed by atoms with Crippen LogP contribution in [0.1, 0.15) is 38.5 Å². The Morgan fingerprint density at radius 2 is 1.70 bits per heavy atom. The molecule has 0 aromatic rings. The standard InChI is InChI=1S/C13H20N2O5/c14-13(12(19)20)6-9(11(17)18)15(7-13)10(16)8-4-2-1-3-5-8/h8-9H,1-7,14H2,(H,17,18)(H,19,20)/t9-,13-/m1/s1. The summed E-state index contributed by atoms with van der Waals surface area (Å²) >= 11 is 0. The molecule has 0 spiro atoms. The van der Waals surface area contributed by atoms with Gasteiger partial charge in [0.2, 0.25) is 5.91 Å². The van der Waals surface area contributed by atoms with E-state index in [1.807, 2.05) is 0 Å². The lowest BCUT2D eigenvalue weighted by Crippen LogP contribution is -2.51. The number of nitrogens with zero attached hydrogens (tertiary/aromatic N) is 1. The van der Waals surface area contributed by atoms with E-state index in [1.54, 1.807) is 0 Å². The van der Waals surface area contributed by atoms with Crippen LogP contribution >= 0.6 is 0 Å². The van der Waals surface area contributed by atoms with Gasteiger partial charge in [0, 0.05) is 12.3 Å². The molecule has 4 N–H and O–H groups in total. The number of carboxylic acids is 2. The monoisotopic (exact) mass is 284 g/mol. The van der Waals surface area contributed by atoms with Crippen LogP contribution < -0.4 is 5.73 Å². The van der Waals surface area contributed by atoms with E-state index < -0.39 is 23.5 Å². The fraction of sp³-hybridized carbons (Fsp3) is 0.769. The van der Waals surface area contributed by atoms with Crippen molar-refractivity contribution in [3.05, 3.63) is 0 Å². The topological polar surface area (TPSA) is 121 Å². The number of amides is 1. The molecule has 0 aromatic heterocycles. The Morgan fingerprint density at radius 3 is 2.20 bits per heavy atom. The van der Waals surface area contributed by atoms with Crippen molar-refractivity contribution < 1.29 is 24.6 Å². The second kappa shape index (κ2) is 5.40. The Kier molecular flexibility index (Phi) is 3.99. The molecule has 1 heterocycles. The van der Waals surface area contributed by atoms with E-state index in [0.717, 1.165) is 37.0 Å². The molecule has 112 valence electrons. The van der Waals surface area contributed by atoms with E-state index in [0.29, 0.717) is 0 Å². The highest BCUT2D eigenvalue weighted by molar-refractivity contribution is 5.90. The van der Waals surface area contributed by atoms with Crippen LogP contribution in [-0.4, -0.2) is 51.1 Å². The van der Waals surface area contributed by atoms with Crippen molar-refractivity contribution in [1.29, 1.82) is 0 Å². The number of hydrogen-bond acceptors (Lipinski definition) is 4. The summed E-state index contributed by atoms with van der Waals surface area (Å²) in [6, 6.07) is -1.13. The van der Waals surface area contributed by atoms with Gasteiger partial charge < -0.3 is 20.8 Å². The molecule has 2 rings (SSSR count). The van der Waals surface area contributed by atoms with Crippen molar-refractivity contribution >= 4 is 17.8 Å². The molecule has 0 bridgehead atoms. The maximum atomic E-state index is 12.4. The second-order valence-corrected chi connectivity index (χ2v) is 5.82. The van der Waals surface area contributed by atoms with Gasteiger partial charge in [-0.3, -0.25) is 9.59 Å². The summed E-state index contributed by atoms with van der Waals surface area (Å²) in [4.78, 5) is 36.0. The molecule has 2 fully saturated rings. The van der Waals surface area contributed by atoms with Gasteiger partial charge in [-0.15, -0.1) is 0 Å². The Balaban J connectivity index is 2.17. The van der Waals surface area contributed by atoms with Gasteiger partial charge >= 0.3 is 11.9 Å². The number of carboxylic acid groups (broad SMARTS) is 2.